The van der Waals surface area contributed by atoms with Crippen LogP contribution in [0, 0.1) is 17.2 Å². The number of nitrogens with zero attached hydrogens (tertiary/aromatic N) is 7. The number of pyridine rings is 1. The minimum absolute atomic E-state index is 0.0501. The third kappa shape index (κ3) is 5.41. The number of rotatable bonds is 7. The SMILES string of the molecule is N=N/N=C(\[NH2+]c1cccc(F)c1F)c1cc(-c2cn(CCN3CCCCC3)nn2)cnc1N. The van der Waals surface area contributed by atoms with Gasteiger partial charge in [0, 0.05) is 24.4 Å². The number of quaternary nitrogens is 1. The molecule has 0 atom stereocenters. The first-order valence-electron chi connectivity index (χ1n) is 10.7. The Labute approximate surface area is 189 Å². The van der Waals surface area contributed by atoms with E-state index in [1.54, 1.807) is 16.9 Å². The summed E-state index contributed by atoms with van der Waals surface area (Å²) in [5.74, 6) is -1.85. The van der Waals surface area contributed by atoms with E-state index in [9.17, 15) is 8.78 Å². The second-order valence-corrected chi connectivity index (χ2v) is 7.80. The zero-order chi connectivity index (χ0) is 23.2. The van der Waals surface area contributed by atoms with Crippen LogP contribution in [0.25, 0.3) is 11.3 Å². The Morgan fingerprint density at radius 1 is 1.18 bits per heavy atom. The molecule has 1 aromatic carbocycles. The maximum Gasteiger partial charge on any atom is 0.261 e. The van der Waals surface area contributed by atoms with Crippen LogP contribution < -0.4 is 11.1 Å². The van der Waals surface area contributed by atoms with Gasteiger partial charge in [0.25, 0.3) is 5.84 Å². The Balaban J connectivity index is 1.55. The molecule has 0 bridgehead atoms. The van der Waals surface area contributed by atoms with Crippen molar-refractivity contribution >= 4 is 17.3 Å². The highest BCUT2D eigenvalue weighted by molar-refractivity contribution is 5.97. The van der Waals surface area contributed by atoms with Crippen LogP contribution in [0.4, 0.5) is 20.3 Å². The third-order valence-corrected chi connectivity index (χ3v) is 5.55. The first-order valence-corrected chi connectivity index (χ1v) is 10.7. The Hall–Kier alpha value is -3.64. The molecule has 0 radical (unpaired) electrons. The third-order valence-electron chi connectivity index (χ3n) is 5.55. The van der Waals surface area contributed by atoms with Crippen LogP contribution >= 0.6 is 0 Å². The van der Waals surface area contributed by atoms with Crippen molar-refractivity contribution in [1.82, 2.24) is 24.9 Å². The number of likely N-dealkylation sites (tertiary alicyclic amines) is 1. The zero-order valence-electron chi connectivity index (χ0n) is 18.0. The summed E-state index contributed by atoms with van der Waals surface area (Å²) in [6.07, 6.45) is 7.12. The molecule has 1 aliphatic rings. The molecule has 0 unspecified atom stereocenters. The normalized spacial score (nSPS) is 15.0. The van der Waals surface area contributed by atoms with Crippen LogP contribution in [0.2, 0.25) is 0 Å². The number of hydrogen-bond donors (Lipinski definition) is 3. The molecule has 10 nitrogen and oxygen atoms in total. The molecule has 0 spiro atoms. The molecule has 1 saturated heterocycles. The molecule has 0 saturated carbocycles. The average molecular weight is 455 g/mol. The number of halogens is 2. The molecular weight excluding hydrogens is 430 g/mol. The topological polar surface area (TPSA) is 138 Å². The lowest BCUT2D eigenvalue weighted by Gasteiger charge is -2.25. The van der Waals surface area contributed by atoms with Crippen molar-refractivity contribution in [2.45, 2.75) is 25.8 Å². The average Bonchev–Trinajstić information content (AvgIpc) is 3.30. The molecule has 12 heteroatoms. The standard InChI is InChI=1S/C21H24F2N10/c22-16-5-4-6-17(19(16)23)27-21(29-30-25)15-11-14(12-26-20(15)24)18-13-33(31-28-18)10-9-32-7-2-1-3-8-32/h4-6,11-13H,1-3,7-10H2,(H2,24,26)(H2,25,27,29)/p+1. The maximum atomic E-state index is 14.2. The van der Waals surface area contributed by atoms with Gasteiger partial charge < -0.3 is 10.6 Å². The summed E-state index contributed by atoms with van der Waals surface area (Å²) in [4.78, 5) is 6.61. The fourth-order valence-corrected chi connectivity index (χ4v) is 3.78. The molecule has 0 aliphatic carbocycles. The van der Waals surface area contributed by atoms with Crippen LogP contribution in [0.1, 0.15) is 24.8 Å². The van der Waals surface area contributed by atoms with Crippen molar-refractivity contribution in [2.24, 2.45) is 10.3 Å². The molecule has 2 aromatic heterocycles. The molecule has 5 N–H and O–H groups in total. The minimum Gasteiger partial charge on any atom is -0.383 e. The number of nitrogens with two attached hydrogens (primary N) is 2. The zero-order valence-corrected chi connectivity index (χ0v) is 18.0. The van der Waals surface area contributed by atoms with Crippen LogP contribution in [-0.4, -0.2) is 50.3 Å². The van der Waals surface area contributed by atoms with Gasteiger partial charge in [-0.2, -0.15) is 9.92 Å². The summed E-state index contributed by atoms with van der Waals surface area (Å²) in [5, 5.41) is 16.5. The Kier molecular flexibility index (Phi) is 7.05. The summed E-state index contributed by atoms with van der Waals surface area (Å²) in [6, 6.07) is 5.45. The number of hydrogen-bond acceptors (Lipinski definition) is 7. The monoisotopic (exact) mass is 455 g/mol. The fraction of sp³-hybridized carbons (Fsp3) is 0.333. The molecule has 4 rings (SSSR count). The number of piperidine rings is 1. The van der Waals surface area contributed by atoms with Crippen molar-refractivity contribution in [3.05, 3.63) is 53.9 Å². The van der Waals surface area contributed by atoms with Crippen LogP contribution in [0.15, 0.2) is 47.0 Å². The van der Waals surface area contributed by atoms with Gasteiger partial charge in [0.05, 0.1) is 12.7 Å². The van der Waals surface area contributed by atoms with Gasteiger partial charge in [-0.1, -0.05) is 22.8 Å². The number of amidine groups is 1. The van der Waals surface area contributed by atoms with Crippen molar-refractivity contribution in [1.29, 1.82) is 5.53 Å². The quantitative estimate of drug-likeness (QED) is 0.165. The Morgan fingerprint density at radius 2 is 2.00 bits per heavy atom. The summed E-state index contributed by atoms with van der Waals surface area (Å²) in [5.41, 5.74) is 14.6. The molecule has 1 aliphatic heterocycles. The van der Waals surface area contributed by atoms with Gasteiger partial charge in [-0.05, 0) is 43.3 Å². The number of benzene rings is 1. The Morgan fingerprint density at radius 3 is 2.79 bits per heavy atom. The van der Waals surface area contributed by atoms with Crippen LogP contribution in [0.5, 0.6) is 0 Å². The second kappa shape index (κ2) is 10.3. The van der Waals surface area contributed by atoms with Gasteiger partial charge in [-0.25, -0.2) is 9.37 Å². The summed E-state index contributed by atoms with van der Waals surface area (Å²) >= 11 is 0. The van der Waals surface area contributed by atoms with Crippen LogP contribution in [-0.2, 0) is 6.54 Å². The maximum absolute atomic E-state index is 14.2. The second-order valence-electron chi connectivity index (χ2n) is 7.80. The van der Waals surface area contributed by atoms with Gasteiger partial charge in [0.1, 0.15) is 17.1 Å². The largest absolute Gasteiger partial charge is 0.383 e. The number of nitrogens with one attached hydrogen (secondary N) is 1. The van der Waals surface area contributed by atoms with Gasteiger partial charge in [0.15, 0.2) is 11.5 Å². The van der Waals surface area contributed by atoms with E-state index in [2.05, 4.69) is 30.5 Å². The predicted octanol–water partition coefficient (Wildman–Crippen LogP) is 2.27. The summed E-state index contributed by atoms with van der Waals surface area (Å²) in [6.45, 7) is 3.85. The van der Waals surface area contributed by atoms with Gasteiger partial charge in [-0.15, -0.1) is 5.10 Å². The van der Waals surface area contributed by atoms with Crippen LogP contribution in [0.3, 0.4) is 0 Å². The van der Waals surface area contributed by atoms with Crippen molar-refractivity contribution in [2.75, 3.05) is 25.4 Å². The lowest BCUT2D eigenvalue weighted by Crippen LogP contribution is -2.83. The summed E-state index contributed by atoms with van der Waals surface area (Å²) in [7, 11) is 0. The molecular formula is C21H25F2N10+. The van der Waals surface area contributed by atoms with E-state index in [1.165, 1.54) is 36.7 Å². The first kappa shape index (κ1) is 22.6. The smallest absolute Gasteiger partial charge is 0.261 e. The number of anilines is 1. The first-order chi connectivity index (χ1) is 16.0. The van der Waals surface area contributed by atoms with E-state index in [-0.39, 0.29) is 17.3 Å². The molecule has 0 amide bonds. The lowest BCUT2D eigenvalue weighted by molar-refractivity contribution is -0.445. The van der Waals surface area contributed by atoms with Crippen molar-refractivity contribution < 1.29 is 14.1 Å². The van der Waals surface area contributed by atoms with E-state index >= 15 is 0 Å². The van der Waals surface area contributed by atoms with Crippen molar-refractivity contribution in [3.8, 4) is 11.3 Å². The van der Waals surface area contributed by atoms with E-state index in [0.717, 1.165) is 32.2 Å². The molecule has 3 aromatic rings. The van der Waals surface area contributed by atoms with E-state index in [4.69, 9.17) is 11.3 Å². The highest BCUT2D eigenvalue weighted by atomic mass is 19.2. The summed E-state index contributed by atoms with van der Waals surface area (Å²) < 4.78 is 29.6. The minimum atomic E-state index is -1.03. The van der Waals surface area contributed by atoms with E-state index in [0.29, 0.717) is 16.8 Å². The fourth-order valence-electron chi connectivity index (χ4n) is 3.78. The Bertz CT molecular complexity index is 1150. The van der Waals surface area contributed by atoms with Gasteiger partial charge in [0.2, 0.25) is 5.82 Å². The number of nitrogen functional groups attached to an aromatic ring is 1. The lowest BCUT2D eigenvalue weighted by atomic mass is 10.1. The van der Waals surface area contributed by atoms with Gasteiger partial charge >= 0.3 is 0 Å². The van der Waals surface area contributed by atoms with Crippen molar-refractivity contribution in [3.63, 3.8) is 0 Å². The molecule has 1 fully saturated rings. The number of aromatic nitrogens is 4. The van der Waals surface area contributed by atoms with Gasteiger partial charge in [-0.3, -0.25) is 10.00 Å². The highest BCUT2D eigenvalue weighted by Crippen LogP contribution is 2.20. The highest BCUT2D eigenvalue weighted by Gasteiger charge is 2.21. The molecule has 33 heavy (non-hydrogen) atoms. The molecule has 3 heterocycles. The van der Waals surface area contributed by atoms with E-state index < -0.39 is 11.6 Å². The predicted molar refractivity (Wildman–Crippen MR) is 118 cm³/mol. The van der Waals surface area contributed by atoms with E-state index in [1.807, 2.05) is 6.20 Å². The molecule has 172 valence electrons.